The molecule has 6 nitrogen and oxygen atoms in total. The number of nitrogens with one attached hydrogen (secondary N) is 2. The van der Waals surface area contributed by atoms with Gasteiger partial charge in [0.05, 0.1) is 24.6 Å². The van der Waals surface area contributed by atoms with Crippen LogP contribution < -0.4 is 14.8 Å². The van der Waals surface area contributed by atoms with Crippen molar-refractivity contribution in [3.05, 3.63) is 95.1 Å². The zero-order valence-electron chi connectivity index (χ0n) is 17.8. The lowest BCUT2D eigenvalue weighted by Crippen LogP contribution is -2.29. The molecule has 0 heterocycles. The van der Waals surface area contributed by atoms with E-state index in [-0.39, 0.29) is 11.9 Å². The van der Waals surface area contributed by atoms with Gasteiger partial charge in [0.25, 0.3) is 5.91 Å². The first kappa shape index (κ1) is 22.4. The molecule has 0 aliphatic heterocycles. The third kappa shape index (κ3) is 6.08. The molecule has 31 heavy (non-hydrogen) atoms. The molecule has 0 saturated heterocycles. The van der Waals surface area contributed by atoms with Crippen LogP contribution in [0.5, 0.6) is 5.75 Å². The van der Waals surface area contributed by atoms with Crippen LogP contribution >= 0.6 is 0 Å². The highest BCUT2D eigenvalue weighted by Gasteiger charge is 2.19. The van der Waals surface area contributed by atoms with E-state index in [4.69, 9.17) is 4.74 Å². The fourth-order valence-corrected chi connectivity index (χ4v) is 3.83. The molecule has 3 rings (SSSR count). The van der Waals surface area contributed by atoms with Gasteiger partial charge in [-0.05, 0) is 54.8 Å². The molecule has 7 heteroatoms. The van der Waals surface area contributed by atoms with Crippen LogP contribution in [0.25, 0.3) is 0 Å². The van der Waals surface area contributed by atoms with Gasteiger partial charge in [-0.2, -0.15) is 0 Å². The summed E-state index contributed by atoms with van der Waals surface area (Å²) in [5.74, 6) is 0.457. The Kier molecular flexibility index (Phi) is 6.97. The van der Waals surface area contributed by atoms with Crippen LogP contribution in [0.4, 0.5) is 5.69 Å². The summed E-state index contributed by atoms with van der Waals surface area (Å²) in [4.78, 5) is 13.1. The van der Waals surface area contributed by atoms with Crippen LogP contribution in [-0.2, 0) is 10.0 Å². The quantitative estimate of drug-likeness (QED) is 0.550. The lowest BCUT2D eigenvalue weighted by atomic mass is 9.98. The van der Waals surface area contributed by atoms with E-state index in [1.165, 1.54) is 0 Å². The molecule has 2 N–H and O–H groups in total. The summed E-state index contributed by atoms with van der Waals surface area (Å²) in [6, 6.07) is 21.8. The number of anilines is 1. The van der Waals surface area contributed by atoms with Crippen molar-refractivity contribution in [2.45, 2.75) is 19.9 Å². The zero-order chi connectivity index (χ0) is 22.4. The molecule has 162 valence electrons. The second-order valence-corrected chi connectivity index (χ2v) is 8.97. The van der Waals surface area contributed by atoms with Gasteiger partial charge < -0.3 is 10.1 Å². The minimum absolute atomic E-state index is 0.306. The number of sulfonamides is 1. The Balaban J connectivity index is 1.91. The van der Waals surface area contributed by atoms with Gasteiger partial charge in [-0.1, -0.05) is 48.5 Å². The van der Waals surface area contributed by atoms with E-state index in [1.807, 2.05) is 61.5 Å². The average molecular weight is 439 g/mol. The van der Waals surface area contributed by atoms with Gasteiger partial charge in [0, 0.05) is 5.56 Å². The number of hydrogen-bond acceptors (Lipinski definition) is 4. The van der Waals surface area contributed by atoms with E-state index in [1.54, 1.807) is 25.1 Å². The standard InChI is InChI=1S/C24H26N2O4S/c1-4-30-21-14-12-19(13-15-21)23(18-8-6-5-7-9-18)25-24(27)20-11-10-17(2)22(16-20)26-31(3,28)29/h5-16,23,26H,4H2,1-3H3,(H,25,27). The van der Waals surface area contributed by atoms with Gasteiger partial charge in [0.15, 0.2) is 0 Å². The molecule has 3 aromatic rings. The zero-order valence-corrected chi connectivity index (χ0v) is 18.6. The predicted octanol–water partition coefficient (Wildman–Crippen LogP) is 4.28. The Morgan fingerprint density at radius 3 is 2.23 bits per heavy atom. The number of aryl methyl sites for hydroxylation is 1. The van der Waals surface area contributed by atoms with Crippen LogP contribution in [-0.4, -0.2) is 27.2 Å². The van der Waals surface area contributed by atoms with E-state index in [0.29, 0.717) is 17.9 Å². The number of hydrogen-bond donors (Lipinski definition) is 2. The maximum atomic E-state index is 13.1. The highest BCUT2D eigenvalue weighted by atomic mass is 32.2. The number of benzene rings is 3. The van der Waals surface area contributed by atoms with Crippen molar-refractivity contribution < 1.29 is 17.9 Å². The van der Waals surface area contributed by atoms with Gasteiger partial charge in [0.2, 0.25) is 10.0 Å². The van der Waals surface area contributed by atoms with E-state index in [0.717, 1.165) is 28.7 Å². The first-order chi connectivity index (χ1) is 14.8. The number of amides is 1. The third-order valence-electron chi connectivity index (χ3n) is 4.73. The van der Waals surface area contributed by atoms with Crippen LogP contribution in [0.2, 0.25) is 0 Å². The number of carbonyl (C=O) groups excluding carboxylic acids is 1. The Hall–Kier alpha value is -3.32. The summed E-state index contributed by atoms with van der Waals surface area (Å²) >= 11 is 0. The molecular formula is C24H26N2O4S. The first-order valence-corrected chi connectivity index (χ1v) is 11.8. The van der Waals surface area contributed by atoms with Crippen LogP contribution in [0.15, 0.2) is 72.8 Å². The lowest BCUT2D eigenvalue weighted by molar-refractivity contribution is 0.0943. The van der Waals surface area contributed by atoms with Crippen molar-refractivity contribution in [1.82, 2.24) is 5.32 Å². The fourth-order valence-electron chi connectivity index (χ4n) is 3.22. The van der Waals surface area contributed by atoms with Crippen molar-refractivity contribution in [3.63, 3.8) is 0 Å². The SMILES string of the molecule is CCOc1ccc(C(NC(=O)c2ccc(C)c(NS(C)(=O)=O)c2)c2ccccc2)cc1. The summed E-state index contributed by atoms with van der Waals surface area (Å²) < 4.78 is 31.2. The fraction of sp³-hybridized carbons (Fsp3) is 0.208. The van der Waals surface area contributed by atoms with Gasteiger partial charge in [-0.3, -0.25) is 9.52 Å². The highest BCUT2D eigenvalue weighted by Crippen LogP contribution is 2.25. The third-order valence-corrected chi connectivity index (χ3v) is 5.32. The molecule has 0 aromatic heterocycles. The second-order valence-electron chi connectivity index (χ2n) is 7.22. The smallest absolute Gasteiger partial charge is 0.252 e. The Bertz CT molecular complexity index is 1140. The van der Waals surface area contributed by atoms with Crippen molar-refractivity contribution in [3.8, 4) is 5.75 Å². The van der Waals surface area contributed by atoms with Gasteiger partial charge in [-0.25, -0.2) is 8.42 Å². The molecule has 1 atom stereocenters. The summed E-state index contributed by atoms with van der Waals surface area (Å²) in [6.07, 6.45) is 1.08. The molecule has 0 fully saturated rings. The molecule has 0 spiro atoms. The largest absolute Gasteiger partial charge is 0.494 e. The van der Waals surface area contributed by atoms with Crippen LogP contribution in [0.1, 0.15) is 40.0 Å². The molecule has 1 amide bonds. The number of carbonyl (C=O) groups is 1. The van der Waals surface area contributed by atoms with Crippen molar-refractivity contribution >= 4 is 21.6 Å². The topological polar surface area (TPSA) is 84.5 Å². The van der Waals surface area contributed by atoms with E-state index in [9.17, 15) is 13.2 Å². The van der Waals surface area contributed by atoms with Gasteiger partial charge in [0.1, 0.15) is 5.75 Å². The highest BCUT2D eigenvalue weighted by molar-refractivity contribution is 7.92. The van der Waals surface area contributed by atoms with E-state index >= 15 is 0 Å². The maximum Gasteiger partial charge on any atom is 0.252 e. The summed E-state index contributed by atoms with van der Waals surface area (Å²) in [7, 11) is -3.45. The van der Waals surface area contributed by atoms with Gasteiger partial charge >= 0.3 is 0 Å². The number of rotatable bonds is 8. The molecular weight excluding hydrogens is 412 g/mol. The van der Waals surface area contributed by atoms with Crippen molar-refractivity contribution in [2.75, 3.05) is 17.6 Å². The maximum absolute atomic E-state index is 13.1. The molecule has 0 bridgehead atoms. The minimum Gasteiger partial charge on any atom is -0.494 e. The monoisotopic (exact) mass is 438 g/mol. The normalized spacial score (nSPS) is 12.1. The summed E-state index contributed by atoms with van der Waals surface area (Å²) in [5.41, 5.74) is 3.32. The molecule has 3 aromatic carbocycles. The van der Waals surface area contributed by atoms with Crippen molar-refractivity contribution in [2.24, 2.45) is 0 Å². The average Bonchev–Trinajstić information content (AvgIpc) is 2.74. The Morgan fingerprint density at radius 1 is 0.968 bits per heavy atom. The minimum atomic E-state index is -3.45. The van der Waals surface area contributed by atoms with Gasteiger partial charge in [-0.15, -0.1) is 0 Å². The molecule has 0 radical (unpaired) electrons. The molecule has 0 saturated carbocycles. The van der Waals surface area contributed by atoms with Crippen molar-refractivity contribution in [1.29, 1.82) is 0 Å². The van der Waals surface area contributed by atoms with Crippen LogP contribution in [0.3, 0.4) is 0 Å². The first-order valence-electron chi connectivity index (χ1n) is 9.94. The second kappa shape index (κ2) is 9.66. The van der Waals surface area contributed by atoms with E-state index in [2.05, 4.69) is 10.0 Å². The molecule has 1 unspecified atom stereocenters. The summed E-state index contributed by atoms with van der Waals surface area (Å²) in [5, 5.41) is 3.07. The summed E-state index contributed by atoms with van der Waals surface area (Å²) in [6.45, 7) is 4.28. The number of ether oxygens (including phenoxy) is 1. The Morgan fingerprint density at radius 2 is 1.61 bits per heavy atom. The Labute approximate surface area is 183 Å². The molecule has 0 aliphatic rings. The van der Waals surface area contributed by atoms with E-state index < -0.39 is 10.0 Å². The van der Waals surface area contributed by atoms with Crippen LogP contribution in [0, 0.1) is 6.92 Å². The lowest BCUT2D eigenvalue weighted by Gasteiger charge is -2.21. The molecule has 0 aliphatic carbocycles. The predicted molar refractivity (Wildman–Crippen MR) is 123 cm³/mol.